The minimum absolute atomic E-state index is 0.0672. The number of carboxylic acid groups (broad SMARTS) is 1. The molecule has 3 aliphatic rings. The first kappa shape index (κ1) is 25.4. The highest BCUT2D eigenvalue weighted by atomic mass is 35.5. The number of carboxylic acids is 1. The molecule has 36 heavy (non-hydrogen) atoms. The van der Waals surface area contributed by atoms with Crippen LogP contribution in [0.15, 0.2) is 24.3 Å². The minimum atomic E-state index is -0.916. The molecule has 8 heteroatoms. The number of carbonyl (C=O) groups is 1. The second kappa shape index (κ2) is 9.56. The molecule has 194 valence electrons. The first-order valence-corrected chi connectivity index (χ1v) is 13.1. The Kier molecular flexibility index (Phi) is 6.75. The molecule has 1 N–H and O–H groups in total. The van der Waals surface area contributed by atoms with Crippen LogP contribution in [0.5, 0.6) is 5.75 Å². The number of likely N-dealkylation sites (tertiary alicyclic amines) is 1. The van der Waals surface area contributed by atoms with E-state index < -0.39 is 34.9 Å². The summed E-state index contributed by atoms with van der Waals surface area (Å²) in [6, 6.07) is 5.42. The van der Waals surface area contributed by atoms with Gasteiger partial charge < -0.3 is 9.84 Å². The van der Waals surface area contributed by atoms with E-state index in [4.69, 9.17) is 16.3 Å². The predicted molar refractivity (Wildman–Crippen MR) is 131 cm³/mol. The molecule has 0 bridgehead atoms. The fourth-order valence-electron chi connectivity index (χ4n) is 6.09. The lowest BCUT2D eigenvalue weighted by molar-refractivity contribution is -0.142. The van der Waals surface area contributed by atoms with Crippen LogP contribution in [0.2, 0.25) is 5.02 Å². The van der Waals surface area contributed by atoms with Crippen molar-refractivity contribution >= 4 is 17.6 Å². The third kappa shape index (κ3) is 4.60. The number of hydrogen-bond acceptors (Lipinski definition) is 3. The van der Waals surface area contributed by atoms with Crippen LogP contribution in [0.4, 0.5) is 13.2 Å². The number of ether oxygens (including phenoxy) is 1. The van der Waals surface area contributed by atoms with Crippen LogP contribution < -0.4 is 4.74 Å². The number of benzene rings is 2. The van der Waals surface area contributed by atoms with Crippen LogP contribution in [-0.4, -0.2) is 34.7 Å². The van der Waals surface area contributed by atoms with Crippen LogP contribution in [0, 0.1) is 29.3 Å². The molecule has 0 amide bonds. The van der Waals surface area contributed by atoms with Gasteiger partial charge in [-0.05, 0) is 74.1 Å². The molecule has 1 saturated carbocycles. The normalized spacial score (nSPS) is 21.9. The van der Waals surface area contributed by atoms with E-state index in [-0.39, 0.29) is 28.6 Å². The third-order valence-electron chi connectivity index (χ3n) is 8.52. The summed E-state index contributed by atoms with van der Waals surface area (Å²) in [5.41, 5.74) is 1.15. The smallest absolute Gasteiger partial charge is 0.306 e. The van der Waals surface area contributed by atoms with Crippen molar-refractivity contribution in [2.24, 2.45) is 11.8 Å². The van der Waals surface area contributed by atoms with Crippen LogP contribution in [0.25, 0.3) is 0 Å². The molecule has 0 radical (unpaired) electrons. The lowest BCUT2D eigenvalue weighted by Crippen LogP contribution is -2.50. The lowest BCUT2D eigenvalue weighted by Gasteiger charge is -2.46. The second-order valence-corrected chi connectivity index (χ2v) is 11.1. The topological polar surface area (TPSA) is 49.8 Å². The maximum absolute atomic E-state index is 15.9. The van der Waals surface area contributed by atoms with Gasteiger partial charge in [0.1, 0.15) is 17.2 Å². The van der Waals surface area contributed by atoms with Gasteiger partial charge in [0.2, 0.25) is 0 Å². The van der Waals surface area contributed by atoms with E-state index in [0.29, 0.717) is 43.5 Å². The molecule has 5 rings (SSSR count). The highest BCUT2D eigenvalue weighted by Crippen LogP contribution is 2.50. The van der Waals surface area contributed by atoms with Crippen LogP contribution in [-0.2, 0) is 11.2 Å². The fraction of sp³-hybridized carbons (Fsp3) is 0.536. The molecular formula is C28H31ClF3NO3. The molecule has 1 spiro atoms. The molecule has 2 heterocycles. The van der Waals surface area contributed by atoms with Crippen molar-refractivity contribution in [3.63, 3.8) is 0 Å². The number of fused-ring (bicyclic) bond motifs is 1. The SMILES string of the molecule is CC(c1cc(F)cc(F)c1Cl)N1CCC2(CCc3ccc([C@H](C4CC4)[C@H](C)C(=O)O)c(F)c3O2)CC1. The Labute approximate surface area is 214 Å². The van der Waals surface area contributed by atoms with Crippen molar-refractivity contribution < 1.29 is 27.8 Å². The van der Waals surface area contributed by atoms with Gasteiger partial charge in [-0.3, -0.25) is 9.69 Å². The Balaban J connectivity index is 1.34. The molecule has 0 aromatic heterocycles. The fourth-order valence-corrected chi connectivity index (χ4v) is 6.36. The third-order valence-corrected chi connectivity index (χ3v) is 8.92. The molecule has 1 unspecified atom stereocenters. The Bertz CT molecular complexity index is 1180. The van der Waals surface area contributed by atoms with E-state index in [2.05, 4.69) is 4.90 Å². The standard InChI is InChI=1S/C28H31ClF3NO3/c1-15(27(34)35)23(17-3-4-17)20-6-5-18-7-8-28(36-26(18)25(20)32)9-11-33(12-10-28)16(2)21-13-19(30)14-22(31)24(21)29/h5-6,13-17,23H,3-4,7-12H2,1-2H3,(H,34,35)/t15-,16?,23-/m0/s1. The molecule has 2 aromatic carbocycles. The molecule has 2 aliphatic heterocycles. The monoisotopic (exact) mass is 521 g/mol. The average Bonchev–Trinajstić information content (AvgIpc) is 3.68. The number of halogens is 4. The van der Waals surface area contributed by atoms with Gasteiger partial charge in [0.15, 0.2) is 11.6 Å². The number of aliphatic carboxylic acids is 1. The van der Waals surface area contributed by atoms with Gasteiger partial charge in [-0.1, -0.05) is 30.7 Å². The summed E-state index contributed by atoms with van der Waals surface area (Å²) < 4.78 is 50.1. The summed E-state index contributed by atoms with van der Waals surface area (Å²) in [6.07, 6.45) is 4.56. The van der Waals surface area contributed by atoms with Crippen LogP contribution in [0.1, 0.15) is 74.6 Å². The number of nitrogens with zero attached hydrogens (tertiary/aromatic N) is 1. The van der Waals surface area contributed by atoms with E-state index >= 15 is 4.39 Å². The van der Waals surface area contributed by atoms with E-state index in [1.807, 2.05) is 13.0 Å². The van der Waals surface area contributed by atoms with Gasteiger partial charge in [-0.15, -0.1) is 0 Å². The highest BCUT2D eigenvalue weighted by Gasteiger charge is 2.44. The zero-order valence-electron chi connectivity index (χ0n) is 20.5. The van der Waals surface area contributed by atoms with Gasteiger partial charge >= 0.3 is 5.97 Å². The molecule has 2 fully saturated rings. The van der Waals surface area contributed by atoms with Gasteiger partial charge in [-0.2, -0.15) is 0 Å². The second-order valence-electron chi connectivity index (χ2n) is 10.7. The number of piperidine rings is 1. The Morgan fingerprint density at radius 1 is 1.11 bits per heavy atom. The summed E-state index contributed by atoms with van der Waals surface area (Å²) in [5, 5.41) is 9.54. The number of hydrogen-bond donors (Lipinski definition) is 1. The molecule has 1 saturated heterocycles. The summed E-state index contributed by atoms with van der Waals surface area (Å²) >= 11 is 6.13. The van der Waals surface area contributed by atoms with E-state index in [9.17, 15) is 18.7 Å². The first-order valence-electron chi connectivity index (χ1n) is 12.7. The van der Waals surface area contributed by atoms with Crippen LogP contribution in [0.3, 0.4) is 0 Å². The quantitative estimate of drug-likeness (QED) is 0.420. The van der Waals surface area contributed by atoms with E-state index in [1.165, 1.54) is 6.07 Å². The number of aryl methyl sites for hydroxylation is 1. The van der Waals surface area contributed by atoms with Crippen molar-refractivity contribution in [2.45, 2.75) is 69.9 Å². The van der Waals surface area contributed by atoms with Crippen molar-refractivity contribution in [1.29, 1.82) is 0 Å². The van der Waals surface area contributed by atoms with E-state index in [0.717, 1.165) is 30.9 Å². The van der Waals surface area contributed by atoms with E-state index in [1.54, 1.807) is 13.0 Å². The van der Waals surface area contributed by atoms with Crippen LogP contribution >= 0.6 is 11.6 Å². The van der Waals surface area contributed by atoms with Gasteiger partial charge in [0, 0.05) is 31.1 Å². The molecule has 3 atom stereocenters. The summed E-state index contributed by atoms with van der Waals surface area (Å²) in [5.74, 6) is -3.36. The summed E-state index contributed by atoms with van der Waals surface area (Å²) in [7, 11) is 0. The van der Waals surface area contributed by atoms with Gasteiger partial charge in [0.05, 0.1) is 10.9 Å². The maximum Gasteiger partial charge on any atom is 0.306 e. The largest absolute Gasteiger partial charge is 0.484 e. The highest BCUT2D eigenvalue weighted by molar-refractivity contribution is 6.31. The molecule has 2 aromatic rings. The molecule has 1 aliphatic carbocycles. The number of rotatable bonds is 6. The van der Waals surface area contributed by atoms with Crippen molar-refractivity contribution in [2.75, 3.05) is 13.1 Å². The zero-order chi connectivity index (χ0) is 25.8. The Morgan fingerprint density at radius 2 is 1.81 bits per heavy atom. The van der Waals surface area contributed by atoms with Crippen molar-refractivity contribution in [1.82, 2.24) is 4.90 Å². The van der Waals surface area contributed by atoms with Crippen molar-refractivity contribution in [3.05, 3.63) is 63.4 Å². The Hall–Kier alpha value is -2.25. The lowest BCUT2D eigenvalue weighted by atomic mass is 9.79. The van der Waals surface area contributed by atoms with Gasteiger partial charge in [0.25, 0.3) is 0 Å². The van der Waals surface area contributed by atoms with Crippen molar-refractivity contribution in [3.8, 4) is 5.75 Å². The van der Waals surface area contributed by atoms with Gasteiger partial charge in [-0.25, -0.2) is 13.2 Å². The average molecular weight is 522 g/mol. The molecular weight excluding hydrogens is 491 g/mol. The summed E-state index contributed by atoms with van der Waals surface area (Å²) in [6.45, 7) is 4.77. The Morgan fingerprint density at radius 3 is 2.44 bits per heavy atom. The maximum atomic E-state index is 15.9. The predicted octanol–water partition coefficient (Wildman–Crippen LogP) is 6.89. The first-order chi connectivity index (χ1) is 17.1. The summed E-state index contributed by atoms with van der Waals surface area (Å²) in [4.78, 5) is 13.8. The molecule has 4 nitrogen and oxygen atoms in total. The zero-order valence-corrected chi connectivity index (χ0v) is 21.3. The minimum Gasteiger partial charge on any atom is -0.484 e.